The fourth-order valence-corrected chi connectivity index (χ4v) is 3.29. The van der Waals surface area contributed by atoms with Crippen molar-refractivity contribution in [1.82, 2.24) is 15.5 Å². The largest absolute Gasteiger partial charge is 0.367 e. The van der Waals surface area contributed by atoms with E-state index in [9.17, 15) is 9.18 Å². The third-order valence-electron chi connectivity index (χ3n) is 4.86. The van der Waals surface area contributed by atoms with Gasteiger partial charge < -0.3 is 15.4 Å². The van der Waals surface area contributed by atoms with Gasteiger partial charge >= 0.3 is 0 Å². The number of H-pyrrole nitrogens is 1. The molecular weight excluding hydrogens is 335 g/mol. The van der Waals surface area contributed by atoms with Crippen molar-refractivity contribution in [3.63, 3.8) is 0 Å². The van der Waals surface area contributed by atoms with Gasteiger partial charge in [-0.05, 0) is 55.4 Å². The van der Waals surface area contributed by atoms with E-state index in [1.807, 2.05) is 18.2 Å². The zero-order chi connectivity index (χ0) is 18.1. The molecule has 0 bridgehead atoms. The number of carbonyl (C=O) groups is 1. The van der Waals surface area contributed by atoms with Crippen molar-refractivity contribution < 1.29 is 13.9 Å². The molecule has 0 aliphatic carbocycles. The van der Waals surface area contributed by atoms with Gasteiger partial charge in [-0.1, -0.05) is 0 Å². The zero-order valence-corrected chi connectivity index (χ0v) is 14.3. The highest BCUT2D eigenvalue weighted by Crippen LogP contribution is 2.29. The van der Waals surface area contributed by atoms with Crippen LogP contribution in [-0.2, 0) is 9.53 Å². The van der Waals surface area contributed by atoms with Crippen molar-refractivity contribution in [3.8, 4) is 11.3 Å². The number of rotatable bonds is 4. The number of nitrogens with one attached hydrogen (secondary N) is 3. The van der Waals surface area contributed by atoms with Gasteiger partial charge in [-0.15, -0.1) is 0 Å². The summed E-state index contributed by atoms with van der Waals surface area (Å²) >= 11 is 0. The smallest absolute Gasteiger partial charge is 0.257 e. The van der Waals surface area contributed by atoms with E-state index in [-0.39, 0.29) is 11.7 Å². The van der Waals surface area contributed by atoms with Crippen molar-refractivity contribution >= 4 is 22.5 Å². The van der Waals surface area contributed by atoms with Crippen molar-refractivity contribution in [1.29, 1.82) is 0 Å². The minimum atomic E-state index is -0.842. The molecule has 1 aliphatic rings. The van der Waals surface area contributed by atoms with Crippen LogP contribution in [0.25, 0.3) is 22.2 Å². The second-order valence-electron chi connectivity index (χ2n) is 6.42. The number of carbonyl (C=O) groups excluding carboxylic acids is 1. The van der Waals surface area contributed by atoms with E-state index in [0.29, 0.717) is 24.3 Å². The predicted molar refractivity (Wildman–Crippen MR) is 97.3 cm³/mol. The number of hydrogen-bond acceptors (Lipinski definition) is 4. The third kappa shape index (κ3) is 2.85. The van der Waals surface area contributed by atoms with Crippen molar-refractivity contribution in [2.75, 3.05) is 25.5 Å². The first-order valence-corrected chi connectivity index (χ1v) is 8.43. The molecule has 2 aromatic carbocycles. The Kier molecular flexibility index (Phi) is 4.18. The molecule has 1 saturated heterocycles. The number of methoxy groups -OCH3 is 1. The highest BCUT2D eigenvalue weighted by atomic mass is 19.1. The zero-order valence-electron chi connectivity index (χ0n) is 14.3. The number of fused-ring (bicyclic) bond motifs is 1. The minimum Gasteiger partial charge on any atom is -0.367 e. The van der Waals surface area contributed by atoms with E-state index >= 15 is 0 Å². The minimum absolute atomic E-state index is 0.170. The van der Waals surface area contributed by atoms with Crippen molar-refractivity contribution in [2.45, 2.75) is 12.0 Å². The molecule has 2 heterocycles. The second kappa shape index (κ2) is 6.51. The second-order valence-corrected chi connectivity index (χ2v) is 6.42. The van der Waals surface area contributed by atoms with Crippen LogP contribution >= 0.6 is 0 Å². The van der Waals surface area contributed by atoms with Gasteiger partial charge in [0.1, 0.15) is 5.82 Å². The van der Waals surface area contributed by atoms with Gasteiger partial charge in [-0.2, -0.15) is 5.10 Å². The summed E-state index contributed by atoms with van der Waals surface area (Å²) in [6.45, 7) is 1.24. The molecule has 1 amide bonds. The van der Waals surface area contributed by atoms with E-state index in [1.165, 1.54) is 12.1 Å². The molecule has 6 nitrogen and oxygen atoms in total. The molecule has 7 heteroatoms. The van der Waals surface area contributed by atoms with E-state index in [2.05, 4.69) is 20.8 Å². The number of aromatic nitrogens is 2. The van der Waals surface area contributed by atoms with E-state index in [4.69, 9.17) is 4.74 Å². The molecule has 3 N–H and O–H groups in total. The Labute approximate surface area is 149 Å². The Morgan fingerprint density at radius 2 is 2.08 bits per heavy atom. The summed E-state index contributed by atoms with van der Waals surface area (Å²) in [6.07, 6.45) is 0.629. The summed E-state index contributed by atoms with van der Waals surface area (Å²) < 4.78 is 18.7. The van der Waals surface area contributed by atoms with Crippen LogP contribution in [0.3, 0.4) is 0 Å². The molecule has 1 fully saturated rings. The summed E-state index contributed by atoms with van der Waals surface area (Å²) in [5, 5.41) is 14.2. The summed E-state index contributed by atoms with van der Waals surface area (Å²) in [5.41, 5.74) is 2.17. The predicted octanol–water partition coefficient (Wildman–Crippen LogP) is 2.69. The Morgan fingerprint density at radius 1 is 1.27 bits per heavy atom. The number of anilines is 1. The summed E-state index contributed by atoms with van der Waals surface area (Å²) in [6, 6.07) is 11.7. The van der Waals surface area contributed by atoms with Gasteiger partial charge in [-0.3, -0.25) is 9.89 Å². The molecule has 26 heavy (non-hydrogen) atoms. The number of halogens is 1. The first-order chi connectivity index (χ1) is 12.6. The maximum Gasteiger partial charge on any atom is 0.257 e. The first kappa shape index (κ1) is 16.7. The van der Waals surface area contributed by atoms with Gasteiger partial charge in [0.25, 0.3) is 5.91 Å². The Morgan fingerprint density at radius 3 is 2.77 bits per heavy atom. The van der Waals surface area contributed by atoms with Crippen LogP contribution in [0.2, 0.25) is 0 Å². The maximum atomic E-state index is 13.2. The average Bonchev–Trinajstić information content (AvgIpc) is 3.30. The summed E-state index contributed by atoms with van der Waals surface area (Å²) in [4.78, 5) is 12.7. The number of hydrogen-bond donors (Lipinski definition) is 3. The molecule has 1 atom stereocenters. The summed E-state index contributed by atoms with van der Waals surface area (Å²) in [7, 11) is 1.55. The Bertz CT molecular complexity index is 946. The van der Waals surface area contributed by atoms with Crippen LogP contribution in [0.1, 0.15) is 6.42 Å². The third-order valence-corrected chi connectivity index (χ3v) is 4.86. The number of aromatic amines is 1. The highest BCUT2D eigenvalue weighted by molar-refractivity contribution is 6.01. The Balaban J connectivity index is 1.66. The number of nitrogens with zero attached hydrogens (tertiary/aromatic N) is 1. The average molecular weight is 354 g/mol. The molecule has 0 unspecified atom stereocenters. The molecule has 1 aromatic heterocycles. The van der Waals surface area contributed by atoms with Crippen LogP contribution in [0.4, 0.5) is 10.1 Å². The normalized spacial score (nSPS) is 19.8. The lowest BCUT2D eigenvalue weighted by molar-refractivity contribution is -0.135. The van der Waals surface area contributed by atoms with Crippen molar-refractivity contribution in [2.24, 2.45) is 0 Å². The Hall–Kier alpha value is -2.77. The van der Waals surface area contributed by atoms with E-state index < -0.39 is 5.60 Å². The maximum absolute atomic E-state index is 13.2. The molecular formula is C19H19FN4O2. The van der Waals surface area contributed by atoms with Crippen LogP contribution in [0.15, 0.2) is 42.5 Å². The topological polar surface area (TPSA) is 79.0 Å². The molecule has 1 aliphatic heterocycles. The number of amides is 1. The standard InChI is InChI=1S/C19H19FN4O2/c1-26-19(8-9-21-11-19)18(25)22-14-6-7-16-15(10-14)17(24-23-16)12-2-4-13(20)5-3-12/h2-7,10,21H,8-9,11H2,1H3,(H,22,25)(H,23,24)/t19-/m0/s1. The van der Waals surface area contributed by atoms with Gasteiger partial charge in [0.05, 0.1) is 11.2 Å². The monoisotopic (exact) mass is 354 g/mol. The first-order valence-electron chi connectivity index (χ1n) is 8.43. The molecule has 0 saturated carbocycles. The molecule has 0 radical (unpaired) electrons. The van der Waals surface area contributed by atoms with Gasteiger partial charge in [-0.25, -0.2) is 4.39 Å². The lowest BCUT2D eigenvalue weighted by Crippen LogP contribution is -2.46. The number of benzene rings is 2. The lowest BCUT2D eigenvalue weighted by Gasteiger charge is -2.25. The molecule has 4 rings (SSSR count). The highest BCUT2D eigenvalue weighted by Gasteiger charge is 2.41. The van der Waals surface area contributed by atoms with Gasteiger partial charge in [0.2, 0.25) is 0 Å². The SMILES string of the molecule is CO[C@@]1(C(=O)Nc2ccc3[nH]nc(-c4ccc(F)cc4)c3c2)CCNC1. The van der Waals surface area contributed by atoms with E-state index in [0.717, 1.165) is 23.0 Å². The fourth-order valence-electron chi connectivity index (χ4n) is 3.29. The summed E-state index contributed by atoms with van der Waals surface area (Å²) in [5.74, 6) is -0.465. The van der Waals surface area contributed by atoms with Gasteiger partial charge in [0, 0.05) is 30.3 Å². The number of ether oxygens (including phenoxy) is 1. The molecule has 3 aromatic rings. The quantitative estimate of drug-likeness (QED) is 0.673. The van der Waals surface area contributed by atoms with E-state index in [1.54, 1.807) is 19.2 Å². The van der Waals surface area contributed by atoms with Crippen LogP contribution in [-0.4, -0.2) is 41.9 Å². The lowest BCUT2D eigenvalue weighted by atomic mass is 10.0. The van der Waals surface area contributed by atoms with Crippen LogP contribution in [0, 0.1) is 5.82 Å². The van der Waals surface area contributed by atoms with Crippen molar-refractivity contribution in [3.05, 3.63) is 48.3 Å². The molecule has 0 spiro atoms. The van der Waals surface area contributed by atoms with Gasteiger partial charge in [0.15, 0.2) is 5.60 Å². The molecule has 134 valence electrons. The van der Waals surface area contributed by atoms with Crippen LogP contribution < -0.4 is 10.6 Å². The fraction of sp³-hybridized carbons (Fsp3) is 0.263. The van der Waals surface area contributed by atoms with Crippen LogP contribution in [0.5, 0.6) is 0 Å².